The lowest BCUT2D eigenvalue weighted by molar-refractivity contribution is -0.166. The van der Waals surface area contributed by atoms with Crippen LogP contribution in [0.15, 0.2) is 72.9 Å². The fraction of sp³-hybridized carbons (Fsp3) is 0.583. The number of carbonyl (C=O) groups is 3. The molecule has 0 aliphatic heterocycles. The van der Waals surface area contributed by atoms with Crippen molar-refractivity contribution in [2.24, 2.45) is 0 Å². The predicted octanol–water partition coefficient (Wildman–Crippen LogP) is 9.23. The Hall–Kier alpha value is -3.15. The Morgan fingerprint density at radius 3 is 1.69 bits per heavy atom. The molecule has 0 rings (SSSR count). The summed E-state index contributed by atoms with van der Waals surface area (Å²) in [6, 6.07) is 0. The molecule has 1 atom stereocenters. The van der Waals surface area contributed by atoms with E-state index in [1.165, 1.54) is 25.7 Å². The fourth-order valence-corrected chi connectivity index (χ4v) is 3.61. The van der Waals surface area contributed by atoms with Gasteiger partial charge in [-0.15, -0.1) is 0 Å². The zero-order valence-corrected chi connectivity index (χ0v) is 26.5. The Morgan fingerprint density at radius 2 is 1.10 bits per heavy atom. The highest BCUT2D eigenvalue weighted by Crippen LogP contribution is 2.06. The quantitative estimate of drug-likeness (QED) is 0.0436. The smallest absolute Gasteiger partial charge is 0.309 e. The molecule has 0 bridgehead atoms. The molecule has 1 unspecified atom stereocenters. The molecular weight excluding hydrogens is 528 g/mol. The van der Waals surface area contributed by atoms with Crippen molar-refractivity contribution in [1.29, 1.82) is 0 Å². The SMILES string of the molecule is C/C=C\CC(=O)OCC(COC(=O)CCC/C=C\C/C=C\C/C=C\C/C=C\CCCCC)OC(=O)CC/C=C\CCC. The highest BCUT2D eigenvalue weighted by atomic mass is 16.6. The van der Waals surface area contributed by atoms with Gasteiger partial charge in [0.15, 0.2) is 6.10 Å². The number of unbranched alkanes of at least 4 members (excludes halogenated alkanes) is 5. The second-order valence-electron chi connectivity index (χ2n) is 10.0. The molecule has 0 radical (unpaired) electrons. The average molecular weight is 585 g/mol. The zero-order valence-electron chi connectivity index (χ0n) is 26.5. The molecule has 0 fully saturated rings. The second kappa shape index (κ2) is 30.8. The Balaban J connectivity index is 4.23. The molecule has 0 amide bonds. The molecule has 0 aromatic heterocycles. The van der Waals surface area contributed by atoms with E-state index in [1.54, 1.807) is 12.2 Å². The van der Waals surface area contributed by atoms with E-state index in [4.69, 9.17) is 14.2 Å². The first-order valence-corrected chi connectivity index (χ1v) is 15.9. The van der Waals surface area contributed by atoms with Crippen LogP contribution in [-0.4, -0.2) is 37.2 Å². The van der Waals surface area contributed by atoms with Crippen LogP contribution >= 0.6 is 0 Å². The normalized spacial score (nSPS) is 12.9. The Bertz CT molecular complexity index is 862. The highest BCUT2D eigenvalue weighted by Gasteiger charge is 2.19. The summed E-state index contributed by atoms with van der Waals surface area (Å²) >= 11 is 0. The summed E-state index contributed by atoms with van der Waals surface area (Å²) in [5.74, 6) is -1.21. The van der Waals surface area contributed by atoms with Gasteiger partial charge in [0, 0.05) is 12.8 Å². The average Bonchev–Trinajstić information content (AvgIpc) is 2.98. The van der Waals surface area contributed by atoms with Crippen LogP contribution in [0.3, 0.4) is 0 Å². The first-order chi connectivity index (χ1) is 20.5. The summed E-state index contributed by atoms with van der Waals surface area (Å²) in [5, 5.41) is 0. The van der Waals surface area contributed by atoms with Gasteiger partial charge in [-0.2, -0.15) is 0 Å². The lowest BCUT2D eigenvalue weighted by atomic mass is 10.2. The Kier molecular flexibility index (Phi) is 28.5. The van der Waals surface area contributed by atoms with E-state index < -0.39 is 18.0 Å². The topological polar surface area (TPSA) is 78.9 Å². The third kappa shape index (κ3) is 28.4. The van der Waals surface area contributed by atoms with Crippen molar-refractivity contribution in [3.05, 3.63) is 72.9 Å². The van der Waals surface area contributed by atoms with E-state index in [0.29, 0.717) is 12.8 Å². The Labute approximate surface area is 255 Å². The first kappa shape index (κ1) is 38.9. The van der Waals surface area contributed by atoms with Crippen molar-refractivity contribution in [3.8, 4) is 0 Å². The van der Waals surface area contributed by atoms with E-state index in [-0.39, 0.29) is 38.4 Å². The molecule has 42 heavy (non-hydrogen) atoms. The molecule has 0 saturated heterocycles. The van der Waals surface area contributed by atoms with Crippen molar-refractivity contribution in [2.45, 2.75) is 123 Å². The second-order valence-corrected chi connectivity index (χ2v) is 10.0. The van der Waals surface area contributed by atoms with Gasteiger partial charge in [-0.1, -0.05) is 106 Å². The molecule has 0 aliphatic rings. The number of hydrogen-bond donors (Lipinski definition) is 0. The van der Waals surface area contributed by atoms with Crippen LogP contribution in [0, 0.1) is 0 Å². The molecule has 6 nitrogen and oxygen atoms in total. The first-order valence-electron chi connectivity index (χ1n) is 15.9. The summed E-state index contributed by atoms with van der Waals surface area (Å²) in [6.07, 6.45) is 36.5. The number of carbonyl (C=O) groups excluding carboxylic acids is 3. The van der Waals surface area contributed by atoms with E-state index in [1.807, 2.05) is 19.1 Å². The predicted molar refractivity (Wildman–Crippen MR) is 173 cm³/mol. The van der Waals surface area contributed by atoms with Crippen LogP contribution in [0.1, 0.15) is 117 Å². The van der Waals surface area contributed by atoms with Gasteiger partial charge in [0.25, 0.3) is 0 Å². The van der Waals surface area contributed by atoms with Crippen LogP contribution < -0.4 is 0 Å². The highest BCUT2D eigenvalue weighted by molar-refractivity contribution is 5.72. The van der Waals surface area contributed by atoms with Crippen molar-refractivity contribution in [2.75, 3.05) is 13.2 Å². The van der Waals surface area contributed by atoms with Crippen molar-refractivity contribution >= 4 is 17.9 Å². The minimum absolute atomic E-state index is 0.136. The Morgan fingerprint density at radius 1 is 0.548 bits per heavy atom. The molecule has 0 spiro atoms. The molecule has 6 heteroatoms. The number of hydrogen-bond acceptors (Lipinski definition) is 6. The monoisotopic (exact) mass is 584 g/mol. The van der Waals surface area contributed by atoms with Gasteiger partial charge in [-0.25, -0.2) is 0 Å². The summed E-state index contributed by atoms with van der Waals surface area (Å²) < 4.78 is 16.0. The molecule has 0 aromatic carbocycles. The van der Waals surface area contributed by atoms with Gasteiger partial charge in [0.1, 0.15) is 13.2 Å². The summed E-state index contributed by atoms with van der Waals surface area (Å²) in [5.41, 5.74) is 0. The molecule has 236 valence electrons. The van der Waals surface area contributed by atoms with Gasteiger partial charge >= 0.3 is 17.9 Å². The maximum atomic E-state index is 12.2. The van der Waals surface area contributed by atoms with Crippen molar-refractivity contribution in [1.82, 2.24) is 0 Å². The summed E-state index contributed by atoms with van der Waals surface area (Å²) in [6.45, 7) is 5.84. The third-order valence-electron chi connectivity index (χ3n) is 6.03. The lowest BCUT2D eigenvalue weighted by Crippen LogP contribution is -2.30. The van der Waals surface area contributed by atoms with Crippen LogP contribution in [0.2, 0.25) is 0 Å². The summed E-state index contributed by atoms with van der Waals surface area (Å²) in [4.78, 5) is 36.3. The number of ether oxygens (including phenoxy) is 3. The van der Waals surface area contributed by atoms with Gasteiger partial charge in [0.2, 0.25) is 0 Å². The third-order valence-corrected chi connectivity index (χ3v) is 6.03. The van der Waals surface area contributed by atoms with Crippen LogP contribution in [0.5, 0.6) is 0 Å². The molecule has 0 heterocycles. The zero-order chi connectivity index (χ0) is 30.9. The minimum atomic E-state index is -0.829. The largest absolute Gasteiger partial charge is 0.462 e. The molecular formula is C36H56O6. The van der Waals surface area contributed by atoms with E-state index in [0.717, 1.165) is 38.5 Å². The van der Waals surface area contributed by atoms with Crippen molar-refractivity contribution in [3.63, 3.8) is 0 Å². The standard InChI is InChI=1S/C36H56O6/c1-4-7-10-12-13-14-15-16-17-18-19-20-21-22-23-25-26-29-35(38)41-32-33(31-40-34(37)28-9-6-3)42-36(39)30-27-24-11-8-5-2/h6,9,11,13-14,16-17,19-20,22-24,33H,4-5,7-8,10,12,15,18,21,25-32H2,1-3H3/b9-6-,14-13-,17-16-,20-19-,23-22-,24-11-. The fourth-order valence-electron chi connectivity index (χ4n) is 3.61. The van der Waals surface area contributed by atoms with Gasteiger partial charge in [0.05, 0.1) is 6.42 Å². The van der Waals surface area contributed by atoms with Gasteiger partial charge in [-0.3, -0.25) is 14.4 Å². The van der Waals surface area contributed by atoms with Crippen LogP contribution in [0.4, 0.5) is 0 Å². The van der Waals surface area contributed by atoms with Crippen LogP contribution in [-0.2, 0) is 28.6 Å². The number of allylic oxidation sites excluding steroid dienone is 11. The maximum absolute atomic E-state index is 12.2. The minimum Gasteiger partial charge on any atom is -0.462 e. The lowest BCUT2D eigenvalue weighted by Gasteiger charge is -2.18. The molecule has 0 N–H and O–H groups in total. The van der Waals surface area contributed by atoms with E-state index in [9.17, 15) is 14.4 Å². The van der Waals surface area contributed by atoms with Gasteiger partial charge < -0.3 is 14.2 Å². The van der Waals surface area contributed by atoms with E-state index >= 15 is 0 Å². The molecule has 0 saturated carbocycles. The van der Waals surface area contributed by atoms with E-state index in [2.05, 4.69) is 62.5 Å². The number of rotatable bonds is 26. The number of esters is 3. The molecule has 0 aliphatic carbocycles. The summed E-state index contributed by atoms with van der Waals surface area (Å²) in [7, 11) is 0. The molecule has 0 aromatic rings. The van der Waals surface area contributed by atoms with Crippen LogP contribution in [0.25, 0.3) is 0 Å². The van der Waals surface area contributed by atoms with Gasteiger partial charge in [-0.05, 0) is 64.7 Å². The maximum Gasteiger partial charge on any atom is 0.309 e. The van der Waals surface area contributed by atoms with Crippen molar-refractivity contribution < 1.29 is 28.6 Å².